The van der Waals surface area contributed by atoms with Crippen LogP contribution in [0.1, 0.15) is 18.4 Å². The van der Waals surface area contributed by atoms with E-state index in [1.807, 2.05) is 31.2 Å². The molecule has 0 fully saturated rings. The predicted molar refractivity (Wildman–Crippen MR) is 128 cm³/mol. The van der Waals surface area contributed by atoms with E-state index < -0.39 is 10.0 Å². The van der Waals surface area contributed by atoms with Gasteiger partial charge in [0.2, 0.25) is 21.1 Å². The average molecular weight is 489 g/mol. The minimum atomic E-state index is -3.55. The number of nitrogens with zero attached hydrogens (tertiary/aromatic N) is 3. The first-order valence-electron chi connectivity index (χ1n) is 10.4. The zero-order chi connectivity index (χ0) is 23.4. The lowest BCUT2D eigenvalue weighted by Crippen LogP contribution is -2.31. The van der Waals surface area contributed by atoms with E-state index in [0.717, 1.165) is 17.4 Å². The van der Waals surface area contributed by atoms with Crippen LogP contribution in [0.25, 0.3) is 10.6 Å². The maximum absolute atomic E-state index is 12.4. The molecule has 0 unspecified atom stereocenters. The molecule has 3 aromatic rings. The third-order valence-electron chi connectivity index (χ3n) is 4.95. The number of benzene rings is 2. The number of rotatable bonds is 8. The Labute approximate surface area is 196 Å². The minimum Gasteiger partial charge on any atom is -0.486 e. The van der Waals surface area contributed by atoms with Crippen molar-refractivity contribution in [3.63, 3.8) is 0 Å². The number of nitrogens with one attached hydrogen (secondary N) is 1. The largest absolute Gasteiger partial charge is 0.486 e. The van der Waals surface area contributed by atoms with Gasteiger partial charge in [0.25, 0.3) is 0 Å². The summed E-state index contributed by atoms with van der Waals surface area (Å²) in [6.07, 6.45) is 1.60. The summed E-state index contributed by atoms with van der Waals surface area (Å²) in [5.41, 5.74) is 2.55. The monoisotopic (exact) mass is 488 g/mol. The third-order valence-corrected chi connectivity index (χ3v) is 7.03. The molecule has 1 N–H and O–H groups in total. The van der Waals surface area contributed by atoms with Crippen LogP contribution < -0.4 is 19.1 Å². The van der Waals surface area contributed by atoms with Crippen LogP contribution in [-0.2, 0) is 14.8 Å². The Morgan fingerprint density at radius 2 is 1.82 bits per heavy atom. The van der Waals surface area contributed by atoms with Crippen LogP contribution in [0.15, 0.2) is 42.5 Å². The second-order valence-corrected chi connectivity index (χ2v) is 10.5. The summed E-state index contributed by atoms with van der Waals surface area (Å²) < 4.78 is 37.0. The lowest BCUT2D eigenvalue weighted by atomic mass is 10.2. The molecule has 0 radical (unpaired) electrons. The summed E-state index contributed by atoms with van der Waals surface area (Å²) >= 11 is 1.29. The molecule has 33 heavy (non-hydrogen) atoms. The van der Waals surface area contributed by atoms with Gasteiger partial charge in [-0.05, 0) is 25.5 Å². The number of anilines is 2. The maximum Gasteiger partial charge on any atom is 0.232 e. The normalized spacial score (nSPS) is 12.9. The highest BCUT2D eigenvalue weighted by molar-refractivity contribution is 7.92. The lowest BCUT2D eigenvalue weighted by molar-refractivity contribution is -0.116. The van der Waals surface area contributed by atoms with Gasteiger partial charge >= 0.3 is 0 Å². The van der Waals surface area contributed by atoms with Gasteiger partial charge in [-0.1, -0.05) is 41.2 Å². The van der Waals surface area contributed by atoms with Crippen LogP contribution in [0.5, 0.6) is 11.5 Å². The molecular weight excluding hydrogens is 464 g/mol. The first-order valence-corrected chi connectivity index (χ1v) is 13.0. The summed E-state index contributed by atoms with van der Waals surface area (Å²) in [5.74, 6) is 0.836. The van der Waals surface area contributed by atoms with Gasteiger partial charge in [-0.3, -0.25) is 9.10 Å². The molecule has 1 aliphatic heterocycles. The van der Waals surface area contributed by atoms with Gasteiger partial charge in [0.1, 0.15) is 18.2 Å². The Bertz CT molecular complexity index is 1240. The van der Waals surface area contributed by atoms with Gasteiger partial charge in [-0.25, -0.2) is 8.42 Å². The van der Waals surface area contributed by atoms with Gasteiger partial charge in [0, 0.05) is 24.6 Å². The van der Waals surface area contributed by atoms with Crippen molar-refractivity contribution in [1.82, 2.24) is 10.2 Å². The Morgan fingerprint density at radius 3 is 2.55 bits per heavy atom. The number of fused-ring (bicyclic) bond motifs is 1. The quantitative estimate of drug-likeness (QED) is 0.517. The molecule has 0 atom stereocenters. The van der Waals surface area contributed by atoms with Gasteiger partial charge in [-0.15, -0.1) is 10.2 Å². The molecule has 174 valence electrons. The van der Waals surface area contributed by atoms with Crippen LogP contribution in [0, 0.1) is 6.92 Å². The van der Waals surface area contributed by atoms with Crippen molar-refractivity contribution < 1.29 is 22.7 Å². The fraction of sp³-hybridized carbons (Fsp3) is 0.318. The van der Waals surface area contributed by atoms with Crippen molar-refractivity contribution in [2.45, 2.75) is 19.8 Å². The number of hydrogen-bond donors (Lipinski definition) is 1. The van der Waals surface area contributed by atoms with E-state index in [-0.39, 0.29) is 18.9 Å². The zero-order valence-corrected chi connectivity index (χ0v) is 19.9. The number of carbonyl (C=O) groups excluding carboxylic acids is 1. The molecule has 1 aliphatic rings. The smallest absolute Gasteiger partial charge is 0.232 e. The number of aryl methyl sites for hydroxylation is 1. The topological polar surface area (TPSA) is 111 Å². The molecule has 0 saturated carbocycles. The SMILES string of the molecule is Cc1ccc(-c2nnc(NC(=O)CCCN(c3ccc4c(c3)OCCO4)S(C)(=O)=O)s2)cc1. The molecule has 0 aliphatic carbocycles. The number of amides is 1. The van der Waals surface area contributed by atoms with Crippen LogP contribution in [0.3, 0.4) is 0 Å². The standard InChI is InChI=1S/C22H24N4O5S2/c1-15-5-7-16(8-6-15)21-24-25-22(32-21)23-20(27)4-3-11-26(33(2,28)29)17-9-10-18-19(14-17)31-13-12-30-18/h5-10,14H,3-4,11-13H2,1-2H3,(H,23,25,27). The number of carbonyl (C=O) groups is 1. The summed E-state index contributed by atoms with van der Waals surface area (Å²) in [5, 5.41) is 12.0. The lowest BCUT2D eigenvalue weighted by Gasteiger charge is -2.25. The Kier molecular flexibility index (Phi) is 6.80. The third kappa shape index (κ3) is 5.79. The molecule has 0 saturated heterocycles. The first kappa shape index (κ1) is 23.0. The minimum absolute atomic E-state index is 0.135. The summed E-state index contributed by atoms with van der Waals surface area (Å²) in [4.78, 5) is 12.4. The van der Waals surface area contributed by atoms with Crippen LogP contribution in [0.2, 0.25) is 0 Å². The number of ether oxygens (including phenoxy) is 2. The van der Waals surface area contributed by atoms with E-state index in [2.05, 4.69) is 15.5 Å². The highest BCUT2D eigenvalue weighted by Gasteiger charge is 2.21. The van der Waals surface area contributed by atoms with E-state index in [1.54, 1.807) is 18.2 Å². The number of sulfonamides is 1. The molecular formula is C22H24N4O5S2. The average Bonchev–Trinajstić information content (AvgIpc) is 3.24. The molecule has 1 aromatic heterocycles. The number of aromatic nitrogens is 2. The molecule has 0 spiro atoms. The van der Waals surface area contributed by atoms with E-state index in [4.69, 9.17) is 9.47 Å². The van der Waals surface area contributed by atoms with Crippen LogP contribution in [0.4, 0.5) is 10.8 Å². The Balaban J connectivity index is 1.35. The second kappa shape index (κ2) is 9.75. The fourth-order valence-corrected chi connectivity index (χ4v) is 5.05. The van der Waals surface area contributed by atoms with E-state index in [0.29, 0.717) is 47.0 Å². The Morgan fingerprint density at radius 1 is 1.09 bits per heavy atom. The van der Waals surface area contributed by atoms with E-state index >= 15 is 0 Å². The molecule has 4 rings (SSSR count). The van der Waals surface area contributed by atoms with Crippen LogP contribution >= 0.6 is 11.3 Å². The second-order valence-electron chi connectivity index (χ2n) is 7.59. The van der Waals surface area contributed by atoms with Crippen molar-refractivity contribution >= 4 is 38.1 Å². The summed E-state index contributed by atoms with van der Waals surface area (Å²) in [7, 11) is -3.55. The van der Waals surface area contributed by atoms with Gasteiger partial charge < -0.3 is 14.8 Å². The molecule has 11 heteroatoms. The van der Waals surface area contributed by atoms with Crippen molar-refractivity contribution in [2.24, 2.45) is 0 Å². The van der Waals surface area contributed by atoms with Gasteiger partial charge in [-0.2, -0.15) is 0 Å². The predicted octanol–water partition coefficient (Wildman–Crippen LogP) is 3.47. The molecule has 9 nitrogen and oxygen atoms in total. The molecule has 0 bridgehead atoms. The van der Waals surface area contributed by atoms with E-state index in [9.17, 15) is 13.2 Å². The van der Waals surface area contributed by atoms with Crippen molar-refractivity contribution in [3.8, 4) is 22.1 Å². The van der Waals surface area contributed by atoms with Crippen molar-refractivity contribution in [2.75, 3.05) is 35.6 Å². The van der Waals surface area contributed by atoms with Gasteiger partial charge in [0.05, 0.1) is 11.9 Å². The van der Waals surface area contributed by atoms with Crippen molar-refractivity contribution in [1.29, 1.82) is 0 Å². The zero-order valence-electron chi connectivity index (χ0n) is 18.3. The fourth-order valence-electron chi connectivity index (χ4n) is 3.33. The molecule has 2 aromatic carbocycles. The highest BCUT2D eigenvalue weighted by Crippen LogP contribution is 2.35. The first-order chi connectivity index (χ1) is 15.8. The van der Waals surface area contributed by atoms with Crippen LogP contribution in [-0.4, -0.2) is 50.5 Å². The number of hydrogen-bond acceptors (Lipinski definition) is 8. The van der Waals surface area contributed by atoms with Gasteiger partial charge in [0.15, 0.2) is 11.5 Å². The summed E-state index contributed by atoms with van der Waals surface area (Å²) in [6, 6.07) is 12.9. The molecule has 1 amide bonds. The molecule has 2 heterocycles. The van der Waals surface area contributed by atoms with Crippen molar-refractivity contribution in [3.05, 3.63) is 48.0 Å². The highest BCUT2D eigenvalue weighted by atomic mass is 32.2. The summed E-state index contributed by atoms with van der Waals surface area (Å²) in [6.45, 7) is 3.02. The van der Waals surface area contributed by atoms with E-state index in [1.165, 1.54) is 15.6 Å². The maximum atomic E-state index is 12.4. The Hall–Kier alpha value is -3.18.